The molecule has 0 bridgehead atoms. The highest BCUT2D eigenvalue weighted by atomic mass is 31.1. The largest absolute Gasteiger partial charge is 0.694 e. The first-order valence-electron chi connectivity index (χ1n) is 6.85. The number of anilines is 1. The maximum absolute atomic E-state index is 14.6. The Hall–Kier alpha value is -2.02. The van der Waals surface area contributed by atoms with Gasteiger partial charge in [0.1, 0.15) is 6.10 Å². The minimum absolute atomic E-state index is 0.0674. The number of imidazole rings is 1. The Bertz CT molecular complexity index is 874. The summed E-state index contributed by atoms with van der Waals surface area (Å²) in [5, 5.41) is 10.1. The molecule has 5 atom stereocenters. The smallest absolute Gasteiger partial charge is 0.384 e. The van der Waals surface area contributed by atoms with E-state index in [1.165, 1.54) is 0 Å². The summed E-state index contributed by atoms with van der Waals surface area (Å²) in [6.45, 7) is -0.712. The van der Waals surface area contributed by atoms with Crippen LogP contribution in [0.5, 0.6) is 0 Å². The SMILES string of the molecule is COC1(CO[P+](=O)O)OC(n2cnc3c(=O)[nH]c(N)nc32)C(F)C1O. The number of aliphatic hydroxyl groups excluding tert-OH is 1. The van der Waals surface area contributed by atoms with E-state index in [4.69, 9.17) is 20.1 Å². The molecule has 14 heteroatoms. The number of rotatable bonds is 5. The highest BCUT2D eigenvalue weighted by Crippen LogP contribution is 2.41. The fourth-order valence-corrected chi connectivity index (χ4v) is 2.86. The van der Waals surface area contributed by atoms with Gasteiger partial charge in [0.2, 0.25) is 11.7 Å². The number of hydrogen-bond donors (Lipinski definition) is 4. The molecule has 1 aliphatic rings. The first-order valence-corrected chi connectivity index (χ1v) is 7.98. The summed E-state index contributed by atoms with van der Waals surface area (Å²) >= 11 is 0. The molecule has 1 fully saturated rings. The predicted molar refractivity (Wildman–Crippen MR) is 79.1 cm³/mol. The van der Waals surface area contributed by atoms with Crippen LogP contribution in [0.1, 0.15) is 6.23 Å². The number of nitrogens with one attached hydrogen (secondary N) is 1. The minimum Gasteiger partial charge on any atom is -0.384 e. The van der Waals surface area contributed by atoms with Gasteiger partial charge in [-0.15, -0.1) is 9.42 Å². The van der Waals surface area contributed by atoms with Crippen LogP contribution < -0.4 is 11.3 Å². The fourth-order valence-electron chi connectivity index (χ4n) is 2.57. The predicted octanol–water partition coefficient (Wildman–Crippen LogP) is -1.06. The van der Waals surface area contributed by atoms with Gasteiger partial charge >= 0.3 is 8.25 Å². The Morgan fingerprint density at radius 3 is 3.00 bits per heavy atom. The van der Waals surface area contributed by atoms with Crippen LogP contribution >= 0.6 is 8.25 Å². The van der Waals surface area contributed by atoms with Crippen LogP contribution in [0.15, 0.2) is 11.1 Å². The molecule has 3 rings (SSSR count). The van der Waals surface area contributed by atoms with Crippen molar-refractivity contribution in [2.75, 3.05) is 19.5 Å². The number of nitrogens with zero attached hydrogens (tertiary/aromatic N) is 3. The van der Waals surface area contributed by atoms with Gasteiger partial charge in [0, 0.05) is 11.7 Å². The van der Waals surface area contributed by atoms with Crippen LogP contribution in [0.2, 0.25) is 0 Å². The standard InChI is InChI=1S/C11H13FN5O7P/c1-22-11(2-23-25(20)21)6(18)4(12)9(24-11)17-3-14-5-7(17)15-10(13)16-8(5)19/h3-4,6,9,18H,2H2,1H3,(H3-,13,15,16,19,20,21)/p+1. The molecule has 12 nitrogen and oxygen atoms in total. The Labute approximate surface area is 139 Å². The molecule has 0 radical (unpaired) electrons. The molecule has 136 valence electrons. The van der Waals surface area contributed by atoms with Crippen LogP contribution in [0.4, 0.5) is 10.3 Å². The van der Waals surface area contributed by atoms with E-state index in [0.717, 1.165) is 18.0 Å². The van der Waals surface area contributed by atoms with E-state index in [0.29, 0.717) is 0 Å². The van der Waals surface area contributed by atoms with E-state index in [1.807, 2.05) is 0 Å². The summed E-state index contributed by atoms with van der Waals surface area (Å²) in [6, 6.07) is 0. The van der Waals surface area contributed by atoms with E-state index in [1.54, 1.807) is 0 Å². The summed E-state index contributed by atoms with van der Waals surface area (Å²) in [5.41, 5.74) is 4.67. The molecular formula is C11H14FN5O7P+. The van der Waals surface area contributed by atoms with Gasteiger partial charge in [0.15, 0.2) is 30.2 Å². The molecule has 5 unspecified atom stereocenters. The topological polar surface area (TPSA) is 175 Å². The van der Waals surface area contributed by atoms with Crippen molar-refractivity contribution in [2.45, 2.75) is 24.3 Å². The zero-order chi connectivity index (χ0) is 18.4. The van der Waals surface area contributed by atoms with Gasteiger partial charge in [-0.3, -0.25) is 14.3 Å². The maximum Gasteiger partial charge on any atom is 0.694 e. The number of halogens is 1. The molecule has 25 heavy (non-hydrogen) atoms. The molecule has 2 aromatic rings. The number of fused-ring (bicyclic) bond motifs is 1. The van der Waals surface area contributed by atoms with Crippen LogP contribution in [-0.2, 0) is 18.6 Å². The molecular weight excluding hydrogens is 364 g/mol. The number of aromatic nitrogens is 4. The van der Waals surface area contributed by atoms with E-state index >= 15 is 0 Å². The zero-order valence-electron chi connectivity index (χ0n) is 12.7. The van der Waals surface area contributed by atoms with E-state index in [-0.39, 0.29) is 17.1 Å². The second-order valence-corrected chi connectivity index (χ2v) is 5.93. The Morgan fingerprint density at radius 2 is 2.36 bits per heavy atom. The molecule has 3 heterocycles. The summed E-state index contributed by atoms with van der Waals surface area (Å²) in [7, 11) is -1.91. The van der Waals surface area contributed by atoms with E-state index < -0.39 is 44.7 Å². The first kappa shape index (κ1) is 17.8. The summed E-state index contributed by atoms with van der Waals surface area (Å²) in [5.74, 6) is -2.26. The third-order valence-electron chi connectivity index (χ3n) is 3.79. The number of H-pyrrole nitrogens is 1. The van der Waals surface area contributed by atoms with Gasteiger partial charge in [-0.1, -0.05) is 0 Å². The van der Waals surface area contributed by atoms with Crippen molar-refractivity contribution < 1.29 is 33.0 Å². The molecule has 5 N–H and O–H groups in total. The zero-order valence-corrected chi connectivity index (χ0v) is 13.6. The third kappa shape index (κ3) is 2.90. The molecule has 0 aromatic carbocycles. The second-order valence-electron chi connectivity index (χ2n) is 5.20. The van der Waals surface area contributed by atoms with Crippen molar-refractivity contribution >= 4 is 25.4 Å². The summed E-state index contributed by atoms with van der Waals surface area (Å²) < 4.78 is 41.4. The van der Waals surface area contributed by atoms with Gasteiger partial charge in [-0.2, -0.15) is 4.98 Å². The number of hydrogen-bond acceptors (Lipinski definition) is 9. The average Bonchev–Trinajstić information content (AvgIpc) is 3.07. The van der Waals surface area contributed by atoms with Crippen LogP contribution in [0, 0.1) is 0 Å². The van der Waals surface area contributed by atoms with Gasteiger partial charge in [0.25, 0.3) is 5.56 Å². The van der Waals surface area contributed by atoms with Crippen molar-refractivity contribution in [1.29, 1.82) is 0 Å². The highest BCUT2D eigenvalue weighted by molar-refractivity contribution is 7.32. The summed E-state index contributed by atoms with van der Waals surface area (Å²) in [4.78, 5) is 30.5. The lowest BCUT2D eigenvalue weighted by Crippen LogP contribution is -2.47. The molecule has 0 amide bonds. The number of aliphatic hydroxyl groups is 1. The number of nitrogen functional groups attached to an aromatic ring is 1. The number of ether oxygens (including phenoxy) is 2. The monoisotopic (exact) mass is 378 g/mol. The molecule has 0 spiro atoms. The second kappa shape index (κ2) is 6.37. The van der Waals surface area contributed by atoms with Gasteiger partial charge in [0.05, 0.1) is 6.33 Å². The van der Waals surface area contributed by atoms with Gasteiger partial charge in [-0.05, 0) is 0 Å². The van der Waals surface area contributed by atoms with Gasteiger partial charge < -0.3 is 20.3 Å². The number of aromatic amines is 1. The lowest BCUT2D eigenvalue weighted by atomic mass is 10.1. The molecule has 1 saturated heterocycles. The first-order chi connectivity index (χ1) is 11.8. The Kier molecular flexibility index (Phi) is 4.53. The molecule has 0 saturated carbocycles. The van der Waals surface area contributed by atoms with E-state index in [2.05, 4.69) is 19.5 Å². The maximum atomic E-state index is 14.6. The number of alkyl halides is 1. The van der Waals surface area contributed by atoms with Crippen molar-refractivity contribution in [2.24, 2.45) is 0 Å². The van der Waals surface area contributed by atoms with Crippen molar-refractivity contribution in [3.05, 3.63) is 16.7 Å². The molecule has 2 aromatic heterocycles. The third-order valence-corrected chi connectivity index (χ3v) is 4.14. The fraction of sp³-hybridized carbons (Fsp3) is 0.545. The van der Waals surface area contributed by atoms with Gasteiger partial charge in [-0.25, -0.2) is 9.37 Å². The quantitative estimate of drug-likeness (QED) is 0.469. The van der Waals surface area contributed by atoms with Crippen molar-refractivity contribution in [3.63, 3.8) is 0 Å². The van der Waals surface area contributed by atoms with Crippen molar-refractivity contribution in [1.82, 2.24) is 19.5 Å². The summed E-state index contributed by atoms with van der Waals surface area (Å²) in [6.07, 6.45) is -4.29. The van der Waals surface area contributed by atoms with Crippen LogP contribution in [-0.4, -0.2) is 61.3 Å². The minimum atomic E-state index is -3.02. The lowest BCUT2D eigenvalue weighted by molar-refractivity contribution is -0.265. The molecule has 0 aliphatic carbocycles. The average molecular weight is 378 g/mol. The lowest BCUT2D eigenvalue weighted by Gasteiger charge is -2.27. The Morgan fingerprint density at radius 1 is 1.64 bits per heavy atom. The number of nitrogens with two attached hydrogens (primary N) is 1. The van der Waals surface area contributed by atoms with E-state index in [9.17, 15) is 18.9 Å². The van der Waals surface area contributed by atoms with Crippen LogP contribution in [0.25, 0.3) is 11.2 Å². The normalized spacial score (nSPS) is 30.1. The van der Waals surface area contributed by atoms with Crippen molar-refractivity contribution in [3.8, 4) is 0 Å². The Balaban J connectivity index is 2.01. The molecule has 1 aliphatic heterocycles. The number of methoxy groups -OCH3 is 1. The highest BCUT2D eigenvalue weighted by Gasteiger charge is 2.58. The van der Waals surface area contributed by atoms with Crippen LogP contribution in [0.3, 0.4) is 0 Å².